The lowest BCUT2D eigenvalue weighted by Gasteiger charge is -2.27. The highest BCUT2D eigenvalue weighted by Gasteiger charge is 2.32. The van der Waals surface area contributed by atoms with E-state index in [1.165, 1.54) is 6.42 Å². The van der Waals surface area contributed by atoms with Gasteiger partial charge in [0.25, 0.3) is 5.91 Å². The molecule has 0 bridgehead atoms. The Kier molecular flexibility index (Phi) is 8.11. The topological polar surface area (TPSA) is 127 Å². The van der Waals surface area contributed by atoms with E-state index in [-0.39, 0.29) is 12.3 Å². The van der Waals surface area contributed by atoms with Crippen molar-refractivity contribution >= 4 is 18.0 Å². The molecule has 35 heavy (non-hydrogen) atoms. The molecule has 1 saturated heterocycles. The lowest BCUT2D eigenvalue weighted by Crippen LogP contribution is -2.25. The molecule has 0 aromatic carbocycles. The van der Waals surface area contributed by atoms with Crippen LogP contribution in [0.15, 0.2) is 42.9 Å². The maximum absolute atomic E-state index is 12.0. The molecule has 1 unspecified atom stereocenters. The SMILES string of the molecule is CNC(=O)c1cc(-c2cnnc(-c3cc(N4CCC(C(C)(C)C)C4)cnc3C)c2)ccn1.NC=O. The van der Waals surface area contributed by atoms with Gasteiger partial charge < -0.3 is 16.0 Å². The Bertz CT molecular complexity index is 1190. The van der Waals surface area contributed by atoms with Crippen LogP contribution in [0, 0.1) is 18.3 Å². The first kappa shape index (κ1) is 25.7. The maximum Gasteiger partial charge on any atom is 0.269 e. The van der Waals surface area contributed by atoms with Gasteiger partial charge in [-0.25, -0.2) is 0 Å². The molecule has 9 heteroatoms. The summed E-state index contributed by atoms with van der Waals surface area (Å²) in [6.07, 6.45) is 6.73. The summed E-state index contributed by atoms with van der Waals surface area (Å²) in [5.41, 5.74) is 10.3. The van der Waals surface area contributed by atoms with E-state index in [1.54, 1.807) is 25.5 Å². The van der Waals surface area contributed by atoms with Gasteiger partial charge in [-0.1, -0.05) is 20.8 Å². The Hall–Kier alpha value is -3.88. The fourth-order valence-corrected chi connectivity index (χ4v) is 4.17. The molecule has 1 aliphatic rings. The molecule has 3 aromatic heterocycles. The molecule has 2 amide bonds. The minimum absolute atomic E-state index is 0.221. The van der Waals surface area contributed by atoms with E-state index in [0.717, 1.165) is 46.9 Å². The third kappa shape index (κ3) is 6.17. The highest BCUT2D eigenvalue weighted by atomic mass is 16.1. The second-order valence-electron chi connectivity index (χ2n) is 9.60. The van der Waals surface area contributed by atoms with Crippen molar-refractivity contribution in [1.29, 1.82) is 0 Å². The summed E-state index contributed by atoms with van der Waals surface area (Å²) in [5.74, 6) is 0.442. The summed E-state index contributed by atoms with van der Waals surface area (Å²) in [6.45, 7) is 11.0. The Balaban J connectivity index is 0.00000108. The first-order chi connectivity index (χ1) is 16.7. The van der Waals surface area contributed by atoms with Crippen LogP contribution in [0.1, 0.15) is 43.4 Å². The molecule has 0 aliphatic carbocycles. The minimum Gasteiger partial charge on any atom is -0.372 e. The quantitative estimate of drug-likeness (QED) is 0.555. The van der Waals surface area contributed by atoms with Crippen LogP contribution in [-0.4, -0.2) is 52.6 Å². The van der Waals surface area contributed by atoms with E-state index in [0.29, 0.717) is 17.0 Å². The molecule has 1 aliphatic heterocycles. The number of rotatable bonds is 4. The van der Waals surface area contributed by atoms with Crippen molar-refractivity contribution in [2.24, 2.45) is 17.1 Å². The van der Waals surface area contributed by atoms with E-state index >= 15 is 0 Å². The van der Waals surface area contributed by atoms with Gasteiger partial charge in [-0.05, 0) is 54.5 Å². The van der Waals surface area contributed by atoms with Crippen LogP contribution in [0.25, 0.3) is 22.4 Å². The van der Waals surface area contributed by atoms with Crippen LogP contribution in [-0.2, 0) is 4.79 Å². The molecule has 1 fully saturated rings. The van der Waals surface area contributed by atoms with E-state index in [9.17, 15) is 4.79 Å². The Morgan fingerprint density at radius 3 is 2.57 bits per heavy atom. The third-order valence-corrected chi connectivity index (χ3v) is 6.33. The number of nitrogens with one attached hydrogen (secondary N) is 1. The van der Waals surface area contributed by atoms with E-state index in [1.807, 2.05) is 25.3 Å². The van der Waals surface area contributed by atoms with Gasteiger partial charge in [0.2, 0.25) is 6.41 Å². The van der Waals surface area contributed by atoms with Gasteiger partial charge in [0.15, 0.2) is 0 Å². The first-order valence-electron chi connectivity index (χ1n) is 11.6. The van der Waals surface area contributed by atoms with Crippen molar-refractivity contribution in [2.45, 2.75) is 34.1 Å². The Labute approximate surface area is 206 Å². The molecule has 4 rings (SSSR count). The standard InChI is InChI=1S/C25H30N6O.CH3NO/c1-16-21(12-20(14-28-16)31-9-7-19(15-31)25(2,3)4)22-11-18(13-29-30-22)17-6-8-27-23(10-17)24(32)26-5;2-1-3/h6,8,10-14,19H,7,9,15H2,1-5H3,(H,26,32);1H,(H2,2,3). The van der Waals surface area contributed by atoms with Crippen LogP contribution in [0.3, 0.4) is 0 Å². The highest BCUT2D eigenvalue weighted by molar-refractivity contribution is 5.93. The van der Waals surface area contributed by atoms with Crippen LogP contribution < -0.4 is 16.0 Å². The molecule has 1 atom stereocenters. The molecule has 3 N–H and O–H groups in total. The number of carbonyl (C=O) groups is 2. The van der Waals surface area contributed by atoms with Crippen molar-refractivity contribution in [3.05, 3.63) is 54.2 Å². The summed E-state index contributed by atoms with van der Waals surface area (Å²) in [4.78, 5) is 31.8. The summed E-state index contributed by atoms with van der Waals surface area (Å²) in [7, 11) is 1.59. The summed E-state index contributed by atoms with van der Waals surface area (Å²) < 4.78 is 0. The predicted octanol–water partition coefficient (Wildman–Crippen LogP) is 3.24. The molecule has 3 aromatic rings. The number of hydrogen-bond acceptors (Lipinski definition) is 7. The van der Waals surface area contributed by atoms with Crippen LogP contribution in [0.4, 0.5) is 5.69 Å². The number of aromatic nitrogens is 4. The van der Waals surface area contributed by atoms with E-state index in [4.69, 9.17) is 4.79 Å². The third-order valence-electron chi connectivity index (χ3n) is 6.33. The van der Waals surface area contributed by atoms with Gasteiger partial charge in [0.05, 0.1) is 23.8 Å². The lowest BCUT2D eigenvalue weighted by molar-refractivity contribution is -0.106. The van der Waals surface area contributed by atoms with E-state index in [2.05, 4.69) is 63.0 Å². The molecular weight excluding hydrogens is 442 g/mol. The number of pyridine rings is 2. The molecule has 0 radical (unpaired) electrons. The number of amides is 2. The number of anilines is 1. The monoisotopic (exact) mass is 475 g/mol. The molecule has 184 valence electrons. The second-order valence-corrected chi connectivity index (χ2v) is 9.60. The smallest absolute Gasteiger partial charge is 0.269 e. The zero-order valence-corrected chi connectivity index (χ0v) is 20.9. The maximum atomic E-state index is 12.0. The van der Waals surface area contributed by atoms with Crippen molar-refractivity contribution in [2.75, 3.05) is 25.0 Å². The number of carbonyl (C=O) groups excluding carboxylic acids is 2. The van der Waals surface area contributed by atoms with Crippen molar-refractivity contribution in [1.82, 2.24) is 25.5 Å². The molecule has 4 heterocycles. The fraction of sp³-hybridized carbons (Fsp3) is 0.385. The van der Waals surface area contributed by atoms with Crippen LogP contribution >= 0.6 is 0 Å². The number of aryl methyl sites for hydroxylation is 1. The van der Waals surface area contributed by atoms with Gasteiger partial charge in [0.1, 0.15) is 5.69 Å². The summed E-state index contributed by atoms with van der Waals surface area (Å²) >= 11 is 0. The van der Waals surface area contributed by atoms with Gasteiger partial charge in [-0.2, -0.15) is 10.2 Å². The average molecular weight is 476 g/mol. The average Bonchev–Trinajstić information content (AvgIpc) is 3.36. The largest absolute Gasteiger partial charge is 0.372 e. The number of nitrogens with two attached hydrogens (primary N) is 1. The predicted molar refractivity (Wildman–Crippen MR) is 137 cm³/mol. The van der Waals surface area contributed by atoms with Crippen molar-refractivity contribution < 1.29 is 9.59 Å². The lowest BCUT2D eigenvalue weighted by atomic mass is 9.80. The molecule has 0 saturated carbocycles. The molecule has 9 nitrogen and oxygen atoms in total. The fourth-order valence-electron chi connectivity index (χ4n) is 4.17. The van der Waals surface area contributed by atoms with Gasteiger partial charge in [0, 0.05) is 43.2 Å². The molecular formula is C26H33N7O2. The minimum atomic E-state index is -0.221. The highest BCUT2D eigenvalue weighted by Crippen LogP contribution is 2.36. The van der Waals surface area contributed by atoms with Gasteiger partial charge in [-0.15, -0.1) is 0 Å². The number of nitrogens with zero attached hydrogens (tertiary/aromatic N) is 5. The Morgan fingerprint density at radius 1 is 1.17 bits per heavy atom. The zero-order valence-electron chi connectivity index (χ0n) is 20.9. The zero-order chi connectivity index (χ0) is 25.6. The van der Waals surface area contributed by atoms with Crippen LogP contribution in [0.5, 0.6) is 0 Å². The summed E-state index contributed by atoms with van der Waals surface area (Å²) in [5, 5.41) is 11.2. The number of primary amides is 1. The summed E-state index contributed by atoms with van der Waals surface area (Å²) in [6, 6.07) is 7.79. The Morgan fingerprint density at radius 2 is 1.91 bits per heavy atom. The second kappa shape index (κ2) is 11.0. The van der Waals surface area contributed by atoms with Crippen molar-refractivity contribution in [3.63, 3.8) is 0 Å². The van der Waals surface area contributed by atoms with Gasteiger partial charge in [-0.3, -0.25) is 19.6 Å². The van der Waals surface area contributed by atoms with Crippen molar-refractivity contribution in [3.8, 4) is 22.4 Å². The molecule has 0 spiro atoms. The van der Waals surface area contributed by atoms with Crippen LogP contribution in [0.2, 0.25) is 0 Å². The first-order valence-corrected chi connectivity index (χ1v) is 11.6. The number of hydrogen-bond donors (Lipinski definition) is 2. The van der Waals surface area contributed by atoms with E-state index < -0.39 is 0 Å². The normalized spacial score (nSPS) is 15.2. The van der Waals surface area contributed by atoms with Gasteiger partial charge >= 0.3 is 0 Å².